The zero-order valence-corrected chi connectivity index (χ0v) is 12.5. The fourth-order valence-corrected chi connectivity index (χ4v) is 0. The molecular formula is H6CaCrO4Pb. The van der Waals surface area contributed by atoms with Crippen LogP contribution >= 0.6 is 0 Å². The molecule has 0 aliphatic carbocycles. The van der Waals surface area contributed by atoms with Gasteiger partial charge in [-0.15, -0.1) is 0 Å². The van der Waals surface area contributed by atoms with E-state index in [1.807, 2.05) is 0 Å². The van der Waals surface area contributed by atoms with Crippen LogP contribution in [0, 0.1) is 0 Å². The Balaban J connectivity index is -0.0000000133. The van der Waals surface area contributed by atoms with Crippen LogP contribution in [0.2, 0.25) is 0 Å². The summed E-state index contributed by atoms with van der Waals surface area (Å²) >= 11 is -5.25. The average molecular weight is 369 g/mol. The van der Waals surface area contributed by atoms with Gasteiger partial charge >= 0.3 is 94.6 Å². The molecule has 0 heterocycles. The molecule has 0 rings (SSSR count). The van der Waals surface area contributed by atoms with E-state index in [-0.39, 0.29) is 67.9 Å². The van der Waals surface area contributed by atoms with Crippen molar-refractivity contribution in [3.8, 4) is 0 Å². The Morgan fingerprint density at radius 1 is 1.29 bits per heavy atom. The molecule has 0 aromatic carbocycles. The molecule has 42 valence electrons. The van der Waals surface area contributed by atoms with Crippen molar-refractivity contribution in [2.75, 3.05) is 0 Å². The number of hydrogen-bond donors (Lipinski definition) is 2. The topological polar surface area (TPSA) is 74.6 Å². The molecule has 2 N–H and O–H groups in total. The van der Waals surface area contributed by atoms with Crippen LogP contribution in [0.5, 0.6) is 0 Å². The van der Waals surface area contributed by atoms with Gasteiger partial charge in [-0.1, -0.05) is 0 Å². The van der Waals surface area contributed by atoms with Crippen LogP contribution in [-0.4, -0.2) is 73.4 Å². The molecule has 0 aliphatic rings. The minimum absolute atomic E-state index is 0. The third-order valence-corrected chi connectivity index (χ3v) is 0. The van der Waals surface area contributed by atoms with Crippen molar-refractivity contribution in [1.29, 1.82) is 0 Å². The van der Waals surface area contributed by atoms with Gasteiger partial charge in [0.15, 0.2) is 0 Å². The Bertz CT molecular complexity index is 102. The van der Waals surface area contributed by atoms with Crippen molar-refractivity contribution in [2.24, 2.45) is 0 Å². The molecule has 4 nitrogen and oxygen atoms in total. The molecule has 0 fully saturated rings. The van der Waals surface area contributed by atoms with Crippen molar-refractivity contribution < 1.29 is 32.4 Å². The summed E-state index contributed by atoms with van der Waals surface area (Å²) in [5, 5.41) is 0. The first-order chi connectivity index (χ1) is 2.00. The van der Waals surface area contributed by atoms with Gasteiger partial charge in [0, 0.05) is 0 Å². The van der Waals surface area contributed by atoms with Crippen molar-refractivity contribution in [3.63, 3.8) is 0 Å². The van der Waals surface area contributed by atoms with Gasteiger partial charge in [-0.25, -0.2) is 0 Å². The van der Waals surface area contributed by atoms with Crippen LogP contribution in [0.3, 0.4) is 0 Å². The Morgan fingerprint density at radius 3 is 1.29 bits per heavy atom. The van der Waals surface area contributed by atoms with Crippen LogP contribution in [0.15, 0.2) is 0 Å². The quantitative estimate of drug-likeness (QED) is 0.466. The summed E-state index contributed by atoms with van der Waals surface area (Å²) in [4.78, 5) is 0. The molecule has 7 heteroatoms. The average Bonchev–Trinajstić information content (AvgIpc) is 0.722. The van der Waals surface area contributed by atoms with Gasteiger partial charge in [0.1, 0.15) is 0 Å². The second-order valence-corrected chi connectivity index (χ2v) is 1.85. The molecule has 0 aromatic heterocycles. The fourth-order valence-electron chi connectivity index (χ4n) is 0. The normalized spacial score (nSPS) is 8.29. The van der Waals surface area contributed by atoms with E-state index >= 15 is 0 Å². The number of rotatable bonds is 0. The van der Waals surface area contributed by atoms with Crippen molar-refractivity contribution in [2.45, 2.75) is 0 Å². The third kappa shape index (κ3) is 64.1. The van der Waals surface area contributed by atoms with Crippen LogP contribution in [0.1, 0.15) is 2.85 Å². The fraction of sp³-hybridized carbons (Fsp3) is 0. The third-order valence-electron chi connectivity index (χ3n) is 0. The van der Waals surface area contributed by atoms with Gasteiger partial charge in [-0.3, -0.25) is 0 Å². The van der Waals surface area contributed by atoms with Crippen LogP contribution in [0.25, 0.3) is 0 Å². The van der Waals surface area contributed by atoms with E-state index in [0.717, 1.165) is 0 Å². The summed E-state index contributed by atoms with van der Waals surface area (Å²) < 4.78 is 31.9. The monoisotopic (exact) mass is 370 g/mol. The first-order valence-electron chi connectivity index (χ1n) is 0.698. The van der Waals surface area contributed by atoms with E-state index in [9.17, 15) is 0 Å². The summed E-state index contributed by atoms with van der Waals surface area (Å²) in [7, 11) is 0. The van der Waals surface area contributed by atoms with Crippen molar-refractivity contribution in [3.05, 3.63) is 0 Å². The van der Waals surface area contributed by atoms with Gasteiger partial charge in [0.2, 0.25) is 0 Å². The zero-order valence-electron chi connectivity index (χ0n) is 5.53. The molecule has 0 unspecified atom stereocenters. The molecule has 0 aliphatic heterocycles. The van der Waals surface area contributed by atoms with Crippen LogP contribution in [0.4, 0.5) is 0 Å². The molecule has 0 saturated carbocycles. The second-order valence-electron chi connectivity index (χ2n) is 0.448. The SMILES string of the molecule is [Ca+2].[H-].[H-].[O]=[Cr](=[O])([OH])[OH].[PbH2]. The summed E-state index contributed by atoms with van der Waals surface area (Å²) in [6.07, 6.45) is 0. The Hall–Kier alpha value is 2.23. The van der Waals surface area contributed by atoms with Crippen LogP contribution < -0.4 is 0 Å². The molecule has 2 radical (unpaired) electrons. The maximum atomic E-state index is 8.82. The second kappa shape index (κ2) is 6.36. The van der Waals surface area contributed by atoms with Gasteiger partial charge in [-0.2, -0.15) is 0 Å². The molecule has 0 spiro atoms. The molecule has 0 aromatic rings. The van der Waals surface area contributed by atoms with Gasteiger partial charge in [0.25, 0.3) is 0 Å². The predicted octanol–water partition coefficient (Wildman–Crippen LogP) is -2.43. The van der Waals surface area contributed by atoms with Gasteiger partial charge < -0.3 is 2.85 Å². The van der Waals surface area contributed by atoms with E-state index in [2.05, 4.69) is 0 Å². The first-order valence-corrected chi connectivity index (χ1v) is 2.88. The van der Waals surface area contributed by atoms with E-state index in [4.69, 9.17) is 15.9 Å². The van der Waals surface area contributed by atoms with Gasteiger partial charge in [-0.05, 0) is 0 Å². The molecular weight excluding hydrogens is 363 g/mol. The van der Waals surface area contributed by atoms with Crippen molar-refractivity contribution >= 4 is 65.0 Å². The Labute approximate surface area is 95.8 Å². The summed E-state index contributed by atoms with van der Waals surface area (Å²) in [6.45, 7) is 0. The van der Waals surface area contributed by atoms with E-state index in [1.165, 1.54) is 0 Å². The van der Waals surface area contributed by atoms with Crippen LogP contribution in [-0.2, 0) is 21.2 Å². The van der Waals surface area contributed by atoms with Crippen molar-refractivity contribution in [1.82, 2.24) is 0 Å². The standard InChI is InChI=1S/Ca.Cr.2H2O.2O.Pb.4H/h;;2*1H2;;;;;;;/q2*+2;;;;;;;;2*-1/p-2. The van der Waals surface area contributed by atoms with E-state index in [1.54, 1.807) is 0 Å². The summed E-state index contributed by atoms with van der Waals surface area (Å²) in [6, 6.07) is 0. The molecule has 0 amide bonds. The maximum absolute atomic E-state index is 8.82. The first kappa shape index (κ1) is 16.1. The predicted molar refractivity (Wildman–Crippen MR) is 22.3 cm³/mol. The molecule has 0 bridgehead atoms. The van der Waals surface area contributed by atoms with E-state index in [0.29, 0.717) is 0 Å². The van der Waals surface area contributed by atoms with Gasteiger partial charge in [0.05, 0.1) is 0 Å². The summed E-state index contributed by atoms with van der Waals surface area (Å²) in [5.74, 6) is 0. The Morgan fingerprint density at radius 2 is 1.29 bits per heavy atom. The van der Waals surface area contributed by atoms with E-state index < -0.39 is 13.6 Å². The zero-order chi connectivity index (χ0) is 4.50. The molecule has 7 heavy (non-hydrogen) atoms. The molecule has 0 atom stereocenters. The summed E-state index contributed by atoms with van der Waals surface area (Å²) in [5.41, 5.74) is 0. The Kier molecular flexibility index (Phi) is 14.6. The molecule has 0 saturated heterocycles. The number of hydrogen-bond acceptors (Lipinski definition) is 2. The minimum atomic E-state index is -5.25.